The number of anilines is 1. The molecule has 0 aliphatic rings. The number of halogens is 2. The van der Waals surface area contributed by atoms with Gasteiger partial charge in [-0.2, -0.15) is 5.10 Å². The van der Waals surface area contributed by atoms with Crippen molar-refractivity contribution in [3.05, 3.63) is 70.0 Å². The topological polar surface area (TPSA) is 77.4 Å². The summed E-state index contributed by atoms with van der Waals surface area (Å²) in [7, 11) is 3.46. The highest BCUT2D eigenvalue weighted by molar-refractivity contribution is 6.30. The zero-order valence-corrected chi connectivity index (χ0v) is 21.7. The van der Waals surface area contributed by atoms with Gasteiger partial charge in [0.05, 0.1) is 25.9 Å². The summed E-state index contributed by atoms with van der Waals surface area (Å²) >= 11 is 6.23. The van der Waals surface area contributed by atoms with E-state index in [9.17, 15) is 4.79 Å². The van der Waals surface area contributed by atoms with Crippen molar-refractivity contribution in [1.82, 2.24) is 15.1 Å². The number of ether oxygens (including phenoxy) is 2. The first-order valence-corrected chi connectivity index (χ1v) is 11.3. The lowest BCUT2D eigenvalue weighted by Crippen LogP contribution is -2.15. The Morgan fingerprint density at radius 3 is 2.59 bits per heavy atom. The van der Waals surface area contributed by atoms with Gasteiger partial charge in [-0.1, -0.05) is 31.5 Å². The molecule has 3 aromatic rings. The summed E-state index contributed by atoms with van der Waals surface area (Å²) in [6.07, 6.45) is 0. The van der Waals surface area contributed by atoms with Crippen LogP contribution < -0.4 is 20.1 Å². The maximum atomic E-state index is 12.9. The lowest BCUT2D eigenvalue weighted by Gasteiger charge is -2.14. The van der Waals surface area contributed by atoms with Crippen LogP contribution in [0, 0.1) is 12.8 Å². The van der Waals surface area contributed by atoms with Crippen LogP contribution in [0.4, 0.5) is 5.69 Å². The van der Waals surface area contributed by atoms with Gasteiger partial charge in [0.1, 0.15) is 11.5 Å². The molecule has 2 N–H and O–H groups in total. The second-order valence-corrected chi connectivity index (χ2v) is 8.74. The number of rotatable bonds is 10. The van der Waals surface area contributed by atoms with Gasteiger partial charge in [-0.3, -0.25) is 9.48 Å². The average molecular weight is 507 g/mol. The monoisotopic (exact) mass is 506 g/mol. The molecule has 9 heteroatoms. The van der Waals surface area contributed by atoms with E-state index >= 15 is 0 Å². The fourth-order valence-electron chi connectivity index (χ4n) is 3.35. The molecule has 34 heavy (non-hydrogen) atoms. The van der Waals surface area contributed by atoms with Crippen molar-refractivity contribution in [3.8, 4) is 11.5 Å². The number of hydrogen-bond acceptors (Lipinski definition) is 5. The SMILES string of the molecule is CNCc1ccc(NC(=O)c2cc(C)n(Cc3cc(Cl)ccc3OCC(C)C)n2)c(OC)c1.Cl. The van der Waals surface area contributed by atoms with Gasteiger partial charge in [0.15, 0.2) is 5.69 Å². The lowest BCUT2D eigenvalue weighted by atomic mass is 10.2. The molecule has 1 amide bonds. The summed E-state index contributed by atoms with van der Waals surface area (Å²) < 4.78 is 13.2. The molecule has 0 fully saturated rings. The normalized spacial score (nSPS) is 10.7. The lowest BCUT2D eigenvalue weighted by molar-refractivity contribution is 0.102. The first kappa shape index (κ1) is 27.5. The summed E-state index contributed by atoms with van der Waals surface area (Å²) in [5.41, 5.74) is 3.73. The number of amides is 1. The minimum Gasteiger partial charge on any atom is -0.495 e. The molecule has 0 radical (unpaired) electrons. The van der Waals surface area contributed by atoms with Crippen LogP contribution in [0.1, 0.15) is 41.2 Å². The highest BCUT2D eigenvalue weighted by Gasteiger charge is 2.16. The fourth-order valence-corrected chi connectivity index (χ4v) is 3.55. The van der Waals surface area contributed by atoms with E-state index in [0.717, 1.165) is 22.6 Å². The van der Waals surface area contributed by atoms with Gasteiger partial charge in [-0.05, 0) is 61.9 Å². The smallest absolute Gasteiger partial charge is 0.276 e. The van der Waals surface area contributed by atoms with E-state index in [-0.39, 0.29) is 18.3 Å². The third kappa shape index (κ3) is 7.13. The van der Waals surface area contributed by atoms with Crippen LogP contribution in [0.25, 0.3) is 0 Å². The number of benzene rings is 2. The Bertz CT molecular complexity index is 1120. The Balaban J connectivity index is 0.00000408. The Labute approximate surface area is 212 Å². The zero-order valence-electron chi connectivity index (χ0n) is 20.1. The van der Waals surface area contributed by atoms with E-state index < -0.39 is 0 Å². The van der Waals surface area contributed by atoms with E-state index in [2.05, 4.69) is 29.6 Å². The maximum Gasteiger partial charge on any atom is 0.276 e. The van der Waals surface area contributed by atoms with Gasteiger partial charge >= 0.3 is 0 Å². The largest absolute Gasteiger partial charge is 0.495 e. The minimum absolute atomic E-state index is 0. The van der Waals surface area contributed by atoms with E-state index in [0.29, 0.717) is 47.8 Å². The van der Waals surface area contributed by atoms with Gasteiger partial charge in [0.2, 0.25) is 0 Å². The number of nitrogens with zero attached hydrogens (tertiary/aromatic N) is 2. The van der Waals surface area contributed by atoms with Crippen molar-refractivity contribution in [2.45, 2.75) is 33.9 Å². The first-order chi connectivity index (χ1) is 15.8. The summed E-state index contributed by atoms with van der Waals surface area (Å²) in [4.78, 5) is 12.9. The molecule has 0 atom stereocenters. The van der Waals surface area contributed by atoms with Crippen LogP contribution in [0.2, 0.25) is 5.02 Å². The molecule has 184 valence electrons. The number of nitrogens with one attached hydrogen (secondary N) is 2. The second kappa shape index (κ2) is 12.6. The standard InChI is InChI=1S/C25H31ClN4O3.ClH/c1-16(2)15-33-23-9-7-20(26)12-19(23)14-30-17(3)10-22(29-30)25(31)28-21-8-6-18(13-27-4)11-24(21)32-5;/h6-12,16,27H,13-15H2,1-5H3,(H,28,31);1H. The number of hydrogen-bond donors (Lipinski definition) is 2. The van der Waals surface area contributed by atoms with Gasteiger partial charge < -0.3 is 20.1 Å². The van der Waals surface area contributed by atoms with Crippen LogP contribution in [0.3, 0.4) is 0 Å². The Hall–Kier alpha value is -2.74. The van der Waals surface area contributed by atoms with Crippen molar-refractivity contribution in [3.63, 3.8) is 0 Å². The first-order valence-electron chi connectivity index (χ1n) is 10.9. The predicted molar refractivity (Wildman–Crippen MR) is 139 cm³/mol. The number of carbonyl (C=O) groups excluding carboxylic acids is 1. The summed E-state index contributed by atoms with van der Waals surface area (Å²) in [6.45, 7) is 7.86. The van der Waals surface area contributed by atoms with Crippen molar-refractivity contribution in [1.29, 1.82) is 0 Å². The summed E-state index contributed by atoms with van der Waals surface area (Å²) in [6, 6.07) is 13.0. The molecular weight excluding hydrogens is 475 g/mol. The van der Waals surface area contributed by atoms with Gasteiger partial charge in [0.25, 0.3) is 5.91 Å². The zero-order chi connectivity index (χ0) is 24.0. The van der Waals surface area contributed by atoms with Gasteiger partial charge in [-0.15, -0.1) is 12.4 Å². The fraction of sp³-hybridized carbons (Fsp3) is 0.360. The molecule has 0 unspecified atom stereocenters. The summed E-state index contributed by atoms with van der Waals surface area (Å²) in [5, 5.41) is 11.1. The number of carbonyl (C=O) groups is 1. The second-order valence-electron chi connectivity index (χ2n) is 8.30. The maximum absolute atomic E-state index is 12.9. The average Bonchev–Trinajstić information content (AvgIpc) is 3.14. The predicted octanol–water partition coefficient (Wildman–Crippen LogP) is 5.33. The third-order valence-corrected chi connectivity index (χ3v) is 5.26. The van der Waals surface area contributed by atoms with Crippen molar-refractivity contribution < 1.29 is 14.3 Å². The van der Waals surface area contributed by atoms with Crippen molar-refractivity contribution in [2.75, 3.05) is 26.1 Å². The molecule has 0 spiro atoms. The molecule has 7 nitrogen and oxygen atoms in total. The molecule has 0 aliphatic carbocycles. The highest BCUT2D eigenvalue weighted by atomic mass is 35.5. The van der Waals surface area contributed by atoms with Crippen LogP contribution in [0.5, 0.6) is 11.5 Å². The van der Waals surface area contributed by atoms with Crippen LogP contribution in [-0.2, 0) is 13.1 Å². The van der Waals surface area contributed by atoms with Gasteiger partial charge in [-0.25, -0.2) is 0 Å². The van der Waals surface area contributed by atoms with E-state index in [1.54, 1.807) is 17.9 Å². The summed E-state index contributed by atoms with van der Waals surface area (Å²) in [5.74, 6) is 1.46. The quantitative estimate of drug-likeness (QED) is 0.388. The molecule has 1 aromatic heterocycles. The van der Waals surface area contributed by atoms with Crippen LogP contribution in [-0.4, -0.2) is 36.5 Å². The Kier molecular flexibility index (Phi) is 10.2. The Morgan fingerprint density at radius 2 is 1.91 bits per heavy atom. The van der Waals surface area contributed by atoms with Gasteiger partial charge in [0, 0.05) is 22.8 Å². The molecule has 1 heterocycles. The molecule has 0 aliphatic heterocycles. The van der Waals surface area contributed by atoms with Crippen LogP contribution >= 0.6 is 24.0 Å². The van der Waals surface area contributed by atoms with E-state index in [4.69, 9.17) is 21.1 Å². The van der Waals surface area contributed by atoms with E-state index in [1.165, 1.54) is 0 Å². The molecule has 2 aromatic carbocycles. The van der Waals surface area contributed by atoms with Crippen LogP contribution in [0.15, 0.2) is 42.5 Å². The Morgan fingerprint density at radius 1 is 1.15 bits per heavy atom. The molecular formula is C25H32Cl2N4O3. The highest BCUT2D eigenvalue weighted by Crippen LogP contribution is 2.27. The molecule has 0 bridgehead atoms. The molecule has 0 saturated carbocycles. The molecule has 3 rings (SSSR count). The number of aryl methyl sites for hydroxylation is 1. The van der Waals surface area contributed by atoms with Crippen molar-refractivity contribution >= 4 is 35.6 Å². The minimum atomic E-state index is -0.307. The molecule has 0 saturated heterocycles. The van der Waals surface area contributed by atoms with E-state index in [1.807, 2.05) is 50.4 Å². The third-order valence-electron chi connectivity index (χ3n) is 5.02. The van der Waals surface area contributed by atoms with Crippen molar-refractivity contribution in [2.24, 2.45) is 5.92 Å². The number of methoxy groups -OCH3 is 1. The number of aromatic nitrogens is 2.